The highest BCUT2D eigenvalue weighted by molar-refractivity contribution is 6.18. The molecule has 1 heterocycles. The molecule has 0 saturated carbocycles. The van der Waals surface area contributed by atoms with Gasteiger partial charge in [-0.2, -0.15) is 0 Å². The van der Waals surface area contributed by atoms with Gasteiger partial charge in [-0.05, 0) is 74.8 Å². The van der Waals surface area contributed by atoms with E-state index in [-0.39, 0.29) is 11.8 Å². The van der Waals surface area contributed by atoms with Gasteiger partial charge in [0.2, 0.25) is 5.91 Å². The van der Waals surface area contributed by atoms with Crippen molar-refractivity contribution in [2.75, 3.05) is 25.5 Å². The van der Waals surface area contributed by atoms with E-state index in [0.29, 0.717) is 24.4 Å². The Bertz CT molecular complexity index is 1250. The Morgan fingerprint density at radius 2 is 1.56 bits per heavy atom. The molecule has 0 spiro atoms. The van der Waals surface area contributed by atoms with Gasteiger partial charge in [-0.3, -0.25) is 19.5 Å². The molecular weight excluding hydrogens is 448 g/mol. The summed E-state index contributed by atoms with van der Waals surface area (Å²) in [5.74, 6) is -0.651. The summed E-state index contributed by atoms with van der Waals surface area (Å²) in [6.07, 6.45) is 0. The van der Waals surface area contributed by atoms with Gasteiger partial charge >= 0.3 is 0 Å². The van der Waals surface area contributed by atoms with Gasteiger partial charge in [0.05, 0.1) is 5.69 Å². The Labute approximate surface area is 213 Å². The zero-order valence-electron chi connectivity index (χ0n) is 21.5. The van der Waals surface area contributed by atoms with E-state index < -0.39 is 5.92 Å². The Kier molecular flexibility index (Phi) is 7.96. The minimum atomic E-state index is -0.513. The fraction of sp³-hybridized carbons (Fsp3) is 0.300. The monoisotopic (exact) mass is 482 g/mol. The number of hydrogen-bond donors (Lipinski definition) is 1. The summed E-state index contributed by atoms with van der Waals surface area (Å²) in [5, 5.41) is 2.94. The second kappa shape index (κ2) is 11.3. The van der Waals surface area contributed by atoms with Crippen molar-refractivity contribution >= 4 is 28.9 Å². The van der Waals surface area contributed by atoms with Gasteiger partial charge in [0.1, 0.15) is 5.92 Å². The predicted molar refractivity (Wildman–Crippen MR) is 146 cm³/mol. The first-order valence-corrected chi connectivity index (χ1v) is 12.5. The van der Waals surface area contributed by atoms with E-state index in [0.717, 1.165) is 30.0 Å². The largest absolute Gasteiger partial charge is 0.339 e. The average Bonchev–Trinajstić information content (AvgIpc) is 3.21. The highest BCUT2D eigenvalue weighted by atomic mass is 16.2. The predicted octanol–water partition coefficient (Wildman–Crippen LogP) is 5.63. The first kappa shape index (κ1) is 25.3. The molecule has 0 saturated heterocycles. The molecule has 0 aliphatic carbocycles. The summed E-state index contributed by atoms with van der Waals surface area (Å²) in [4.78, 5) is 34.5. The molecule has 4 rings (SSSR count). The van der Waals surface area contributed by atoms with Crippen LogP contribution in [0.2, 0.25) is 0 Å². The lowest BCUT2D eigenvalue weighted by Crippen LogP contribution is -2.30. The smallest absolute Gasteiger partial charge is 0.253 e. The van der Waals surface area contributed by atoms with Crippen molar-refractivity contribution in [3.8, 4) is 0 Å². The summed E-state index contributed by atoms with van der Waals surface area (Å²) in [6, 6.07) is 24.0. The summed E-state index contributed by atoms with van der Waals surface area (Å²) in [5.41, 5.74) is 6.13. The Morgan fingerprint density at radius 1 is 0.917 bits per heavy atom. The zero-order chi connectivity index (χ0) is 25.7. The molecule has 1 aliphatic rings. The number of carbonyl (C=O) groups is 2. The topological polar surface area (TPSA) is 65.0 Å². The molecule has 186 valence electrons. The quantitative estimate of drug-likeness (QED) is 0.402. The van der Waals surface area contributed by atoms with E-state index in [4.69, 9.17) is 4.99 Å². The lowest BCUT2D eigenvalue weighted by molar-refractivity contribution is -0.115. The van der Waals surface area contributed by atoms with Crippen LogP contribution in [0.25, 0.3) is 0 Å². The number of nitrogens with one attached hydrogen (secondary N) is 1. The van der Waals surface area contributed by atoms with Crippen LogP contribution in [0, 0.1) is 0 Å². The number of amides is 2. The number of benzene rings is 3. The maximum atomic E-state index is 12.9. The Balaban J connectivity index is 1.48. The van der Waals surface area contributed by atoms with Gasteiger partial charge in [0.15, 0.2) is 0 Å². The van der Waals surface area contributed by atoms with Crippen LogP contribution in [-0.2, 0) is 17.9 Å². The number of carbonyl (C=O) groups excluding carboxylic acids is 2. The van der Waals surface area contributed by atoms with Gasteiger partial charge in [-0.1, -0.05) is 42.5 Å². The molecule has 0 radical (unpaired) electrons. The third-order valence-corrected chi connectivity index (χ3v) is 6.59. The summed E-state index contributed by atoms with van der Waals surface area (Å²) in [6.45, 7) is 8.81. The summed E-state index contributed by atoms with van der Waals surface area (Å²) < 4.78 is 0. The van der Waals surface area contributed by atoms with Crippen molar-refractivity contribution in [1.82, 2.24) is 9.80 Å². The van der Waals surface area contributed by atoms with Crippen LogP contribution < -0.4 is 5.32 Å². The van der Waals surface area contributed by atoms with Crippen LogP contribution in [-0.4, -0.2) is 47.5 Å². The minimum Gasteiger partial charge on any atom is -0.339 e. The first-order valence-electron chi connectivity index (χ1n) is 12.5. The van der Waals surface area contributed by atoms with Crippen LogP contribution in [0.4, 0.5) is 11.4 Å². The zero-order valence-corrected chi connectivity index (χ0v) is 21.5. The number of fused-ring (bicyclic) bond motifs is 1. The van der Waals surface area contributed by atoms with Gasteiger partial charge in [0, 0.05) is 43.1 Å². The normalized spacial score (nSPS) is 15.1. The third kappa shape index (κ3) is 5.71. The van der Waals surface area contributed by atoms with Crippen molar-refractivity contribution in [2.45, 2.75) is 39.8 Å². The highest BCUT2D eigenvalue weighted by Gasteiger charge is 2.33. The van der Waals surface area contributed by atoms with Crippen molar-refractivity contribution in [2.24, 2.45) is 4.99 Å². The molecule has 6 heteroatoms. The Morgan fingerprint density at radius 3 is 2.19 bits per heavy atom. The molecule has 0 fully saturated rings. The molecule has 3 aromatic rings. The lowest BCUT2D eigenvalue weighted by Gasteiger charge is -2.19. The maximum Gasteiger partial charge on any atom is 0.253 e. The van der Waals surface area contributed by atoms with E-state index in [2.05, 4.69) is 53.7 Å². The maximum absolute atomic E-state index is 12.9. The van der Waals surface area contributed by atoms with E-state index in [1.807, 2.05) is 51.1 Å². The molecule has 1 atom stereocenters. The van der Waals surface area contributed by atoms with E-state index in [1.54, 1.807) is 11.0 Å². The molecule has 1 aliphatic heterocycles. The minimum absolute atomic E-state index is 0.0247. The van der Waals surface area contributed by atoms with Crippen LogP contribution in [0.3, 0.4) is 0 Å². The molecule has 0 aromatic heterocycles. The van der Waals surface area contributed by atoms with Gasteiger partial charge < -0.3 is 10.2 Å². The van der Waals surface area contributed by atoms with Gasteiger partial charge in [0.25, 0.3) is 5.91 Å². The van der Waals surface area contributed by atoms with Crippen molar-refractivity contribution in [1.29, 1.82) is 0 Å². The highest BCUT2D eigenvalue weighted by Crippen LogP contribution is 2.35. The number of hydrogen-bond acceptors (Lipinski definition) is 4. The average molecular weight is 483 g/mol. The number of rotatable bonds is 9. The molecule has 3 aromatic carbocycles. The number of aliphatic imine (C=N–C) groups is 1. The van der Waals surface area contributed by atoms with Crippen LogP contribution >= 0.6 is 0 Å². The molecule has 2 amide bonds. The van der Waals surface area contributed by atoms with Gasteiger partial charge in [-0.25, -0.2) is 0 Å². The van der Waals surface area contributed by atoms with Gasteiger partial charge in [-0.15, -0.1) is 0 Å². The lowest BCUT2D eigenvalue weighted by atomic mass is 9.94. The van der Waals surface area contributed by atoms with Crippen LogP contribution in [0.1, 0.15) is 53.7 Å². The van der Waals surface area contributed by atoms with Crippen LogP contribution in [0.5, 0.6) is 0 Å². The third-order valence-electron chi connectivity index (χ3n) is 6.59. The fourth-order valence-electron chi connectivity index (χ4n) is 4.71. The summed E-state index contributed by atoms with van der Waals surface area (Å²) in [7, 11) is 2.11. The van der Waals surface area contributed by atoms with Crippen molar-refractivity contribution in [3.05, 3.63) is 95.1 Å². The second-order valence-electron chi connectivity index (χ2n) is 9.28. The second-order valence-corrected chi connectivity index (χ2v) is 9.28. The van der Waals surface area contributed by atoms with Crippen molar-refractivity contribution in [3.63, 3.8) is 0 Å². The number of anilines is 1. The van der Waals surface area contributed by atoms with E-state index in [9.17, 15) is 9.59 Å². The number of nitrogens with zero attached hydrogens (tertiary/aromatic N) is 3. The standard InChI is InChI=1S/C30H34N4O2/c1-5-34(6-2)30(36)24-14-17-27-26(18-24)28(29(35)32-27)21(3)31-25-15-12-23(13-16-25)20-33(4)19-22-10-8-7-9-11-22/h7-18,28H,5-6,19-20H2,1-4H3,(H,32,35). The van der Waals surface area contributed by atoms with Crippen molar-refractivity contribution < 1.29 is 9.59 Å². The molecule has 36 heavy (non-hydrogen) atoms. The van der Waals surface area contributed by atoms with E-state index >= 15 is 0 Å². The van der Waals surface area contributed by atoms with Crippen LogP contribution in [0.15, 0.2) is 77.8 Å². The molecule has 1 unspecified atom stereocenters. The SMILES string of the molecule is CCN(CC)C(=O)c1ccc2c(c1)C(C(C)=Nc1ccc(CN(C)Cc3ccccc3)cc1)C(=O)N2. The summed E-state index contributed by atoms with van der Waals surface area (Å²) >= 11 is 0. The molecule has 6 nitrogen and oxygen atoms in total. The first-order chi connectivity index (χ1) is 17.4. The molecule has 1 N–H and O–H groups in total. The fourth-order valence-corrected chi connectivity index (χ4v) is 4.71. The molecular formula is C30H34N4O2. The molecule has 0 bridgehead atoms. The Hall–Kier alpha value is -3.77. The van der Waals surface area contributed by atoms with E-state index in [1.165, 1.54) is 11.1 Å².